The molecule has 1 saturated heterocycles. The third kappa shape index (κ3) is 3.61. The summed E-state index contributed by atoms with van der Waals surface area (Å²) in [7, 11) is 2.14. The molecule has 0 aromatic carbocycles. The van der Waals surface area contributed by atoms with Gasteiger partial charge in [-0.2, -0.15) is 0 Å². The Labute approximate surface area is 79.1 Å². The topological polar surface area (TPSA) is 79.7 Å². The Hall–Kier alpha value is -0.810. The highest BCUT2D eigenvalue weighted by Crippen LogP contribution is 2.14. The molecule has 0 aromatic rings. The van der Waals surface area contributed by atoms with E-state index in [0.717, 1.165) is 13.1 Å². The van der Waals surface area contributed by atoms with Crippen LogP contribution in [0.15, 0.2) is 4.99 Å². The van der Waals surface area contributed by atoms with Crippen LogP contribution in [0.1, 0.15) is 12.8 Å². The Morgan fingerprint density at radius 2 is 2.46 bits per heavy atom. The van der Waals surface area contributed by atoms with Crippen molar-refractivity contribution < 1.29 is 0 Å². The Bertz CT molecular complexity index is 179. The van der Waals surface area contributed by atoms with Gasteiger partial charge in [0.1, 0.15) is 0 Å². The zero-order valence-corrected chi connectivity index (χ0v) is 8.16. The first-order valence-electron chi connectivity index (χ1n) is 4.67. The molecular formula is C8H19N5. The fourth-order valence-corrected chi connectivity index (χ4v) is 1.70. The number of nitrogens with one attached hydrogen (secondary N) is 1. The van der Waals surface area contributed by atoms with E-state index >= 15 is 0 Å². The summed E-state index contributed by atoms with van der Waals surface area (Å²) in [6.07, 6.45) is 2.50. The largest absolute Gasteiger partial charge is 0.369 e. The molecule has 5 N–H and O–H groups in total. The Morgan fingerprint density at radius 3 is 3.08 bits per heavy atom. The lowest BCUT2D eigenvalue weighted by molar-refractivity contribution is 0.214. The second-order valence-electron chi connectivity index (χ2n) is 3.64. The number of aliphatic imine (C=N–C) groups is 1. The minimum absolute atomic E-state index is 0.327. The molecule has 5 nitrogen and oxygen atoms in total. The van der Waals surface area contributed by atoms with Crippen molar-refractivity contribution in [1.82, 2.24) is 10.3 Å². The fourth-order valence-electron chi connectivity index (χ4n) is 1.70. The van der Waals surface area contributed by atoms with Crippen molar-refractivity contribution in [3.63, 3.8) is 0 Å². The van der Waals surface area contributed by atoms with Crippen LogP contribution in [0.4, 0.5) is 0 Å². The van der Waals surface area contributed by atoms with Gasteiger partial charge in [0.15, 0.2) is 0 Å². The molecule has 1 unspecified atom stereocenters. The molecule has 1 rings (SSSR count). The molecule has 0 saturated carbocycles. The van der Waals surface area contributed by atoms with Gasteiger partial charge in [-0.1, -0.05) is 0 Å². The summed E-state index contributed by atoms with van der Waals surface area (Å²) >= 11 is 0. The molecule has 0 bridgehead atoms. The lowest BCUT2D eigenvalue weighted by Crippen LogP contribution is -2.38. The van der Waals surface area contributed by atoms with E-state index in [1.165, 1.54) is 19.4 Å². The van der Waals surface area contributed by atoms with Crippen molar-refractivity contribution in [3.05, 3.63) is 0 Å². The molecule has 0 radical (unpaired) electrons. The predicted octanol–water partition coefficient (Wildman–Crippen LogP) is -0.894. The highest BCUT2D eigenvalue weighted by atomic mass is 15.3. The van der Waals surface area contributed by atoms with Crippen LogP contribution < -0.4 is 17.0 Å². The molecule has 5 heteroatoms. The van der Waals surface area contributed by atoms with Gasteiger partial charge in [0.2, 0.25) is 5.96 Å². The number of hydrogen-bond acceptors (Lipinski definition) is 3. The lowest BCUT2D eigenvalue weighted by atomic mass is 9.99. The van der Waals surface area contributed by atoms with Crippen LogP contribution in [-0.4, -0.2) is 37.5 Å². The molecule has 0 aliphatic carbocycles. The number of rotatable bonds is 2. The van der Waals surface area contributed by atoms with Crippen molar-refractivity contribution in [2.75, 3.05) is 26.7 Å². The van der Waals surface area contributed by atoms with Gasteiger partial charge in [0.05, 0.1) is 0 Å². The average molecular weight is 185 g/mol. The standard InChI is InChI=1S/C8H19N5/c1-13-4-2-3-7(6-13)5-11-8(9)12-10/h7H,2-6,10H2,1H3,(H3,9,11,12). The van der Waals surface area contributed by atoms with Gasteiger partial charge in [-0.3, -0.25) is 10.4 Å². The van der Waals surface area contributed by atoms with Crippen molar-refractivity contribution >= 4 is 5.96 Å². The first-order chi connectivity index (χ1) is 6.22. The summed E-state index contributed by atoms with van der Waals surface area (Å²) < 4.78 is 0. The molecule has 1 heterocycles. The van der Waals surface area contributed by atoms with Crippen molar-refractivity contribution in [3.8, 4) is 0 Å². The predicted molar refractivity (Wildman–Crippen MR) is 54.0 cm³/mol. The lowest BCUT2D eigenvalue weighted by Gasteiger charge is -2.28. The highest BCUT2D eigenvalue weighted by Gasteiger charge is 2.16. The van der Waals surface area contributed by atoms with Crippen LogP contribution in [0.25, 0.3) is 0 Å². The molecule has 1 atom stereocenters. The van der Waals surface area contributed by atoms with Crippen LogP contribution in [0, 0.1) is 5.92 Å². The van der Waals surface area contributed by atoms with E-state index in [1.54, 1.807) is 0 Å². The monoisotopic (exact) mass is 185 g/mol. The number of nitrogens with zero attached hydrogens (tertiary/aromatic N) is 2. The Morgan fingerprint density at radius 1 is 1.69 bits per heavy atom. The van der Waals surface area contributed by atoms with Crippen LogP contribution in [0.2, 0.25) is 0 Å². The maximum atomic E-state index is 5.43. The third-order valence-electron chi connectivity index (χ3n) is 2.39. The van der Waals surface area contributed by atoms with Crippen LogP contribution >= 0.6 is 0 Å². The highest BCUT2D eigenvalue weighted by molar-refractivity contribution is 5.77. The number of nitrogens with two attached hydrogens (primary N) is 2. The summed E-state index contributed by atoms with van der Waals surface area (Å²) in [5.41, 5.74) is 7.75. The van der Waals surface area contributed by atoms with Gasteiger partial charge in [-0.25, -0.2) is 5.84 Å². The number of hydrazine groups is 1. The fraction of sp³-hybridized carbons (Fsp3) is 0.875. The first-order valence-corrected chi connectivity index (χ1v) is 4.67. The number of guanidine groups is 1. The summed E-state index contributed by atoms with van der Waals surface area (Å²) in [5.74, 6) is 6.06. The van der Waals surface area contributed by atoms with E-state index in [-0.39, 0.29) is 0 Å². The minimum atomic E-state index is 0.327. The van der Waals surface area contributed by atoms with Crippen molar-refractivity contribution in [1.29, 1.82) is 0 Å². The third-order valence-corrected chi connectivity index (χ3v) is 2.39. The molecule has 0 aromatic heterocycles. The van der Waals surface area contributed by atoms with Gasteiger partial charge in [0, 0.05) is 13.1 Å². The first kappa shape index (κ1) is 10.3. The second kappa shape index (κ2) is 5.04. The summed E-state index contributed by atoms with van der Waals surface area (Å²) in [4.78, 5) is 6.46. The van der Waals surface area contributed by atoms with Crippen molar-refractivity contribution in [2.45, 2.75) is 12.8 Å². The summed E-state index contributed by atoms with van der Waals surface area (Å²) in [6.45, 7) is 3.09. The van der Waals surface area contributed by atoms with Crippen LogP contribution in [-0.2, 0) is 0 Å². The van der Waals surface area contributed by atoms with Gasteiger partial charge in [0.25, 0.3) is 0 Å². The molecule has 0 amide bonds. The number of likely N-dealkylation sites (tertiary alicyclic amines) is 1. The smallest absolute Gasteiger partial charge is 0.203 e. The van der Waals surface area contributed by atoms with Crippen LogP contribution in [0.3, 0.4) is 0 Å². The van der Waals surface area contributed by atoms with Gasteiger partial charge in [-0.05, 0) is 32.4 Å². The molecular weight excluding hydrogens is 166 g/mol. The van der Waals surface area contributed by atoms with Gasteiger partial charge >= 0.3 is 0 Å². The summed E-state index contributed by atoms with van der Waals surface area (Å²) in [5, 5.41) is 0. The van der Waals surface area contributed by atoms with E-state index in [9.17, 15) is 0 Å². The molecule has 1 aliphatic rings. The van der Waals surface area contributed by atoms with E-state index in [1.807, 2.05) is 0 Å². The quantitative estimate of drug-likeness (QED) is 0.225. The molecule has 76 valence electrons. The van der Waals surface area contributed by atoms with E-state index in [4.69, 9.17) is 11.6 Å². The second-order valence-corrected chi connectivity index (χ2v) is 3.64. The summed E-state index contributed by atoms with van der Waals surface area (Å²) in [6, 6.07) is 0. The molecule has 1 aliphatic heterocycles. The number of hydrogen-bond donors (Lipinski definition) is 3. The maximum absolute atomic E-state index is 5.43. The minimum Gasteiger partial charge on any atom is -0.369 e. The number of piperidine rings is 1. The normalized spacial score (nSPS) is 26.0. The van der Waals surface area contributed by atoms with Gasteiger partial charge < -0.3 is 10.6 Å². The Kier molecular flexibility index (Phi) is 3.98. The Balaban J connectivity index is 2.28. The molecule has 1 fully saturated rings. The molecule has 0 spiro atoms. The van der Waals surface area contributed by atoms with Crippen molar-refractivity contribution in [2.24, 2.45) is 22.5 Å². The average Bonchev–Trinajstić information content (AvgIpc) is 2.14. The van der Waals surface area contributed by atoms with E-state index in [0.29, 0.717) is 11.9 Å². The van der Waals surface area contributed by atoms with Crippen LogP contribution in [0.5, 0.6) is 0 Å². The van der Waals surface area contributed by atoms with E-state index in [2.05, 4.69) is 22.4 Å². The zero-order chi connectivity index (χ0) is 9.68. The molecule has 13 heavy (non-hydrogen) atoms. The maximum Gasteiger partial charge on any atom is 0.203 e. The van der Waals surface area contributed by atoms with Gasteiger partial charge in [-0.15, -0.1) is 0 Å². The SMILES string of the molecule is CN1CCCC(CN=C(N)NN)C1. The van der Waals surface area contributed by atoms with E-state index < -0.39 is 0 Å². The zero-order valence-electron chi connectivity index (χ0n) is 8.16.